The minimum Gasteiger partial charge on any atom is -0.495 e. The first kappa shape index (κ1) is 20.4. The van der Waals surface area contributed by atoms with E-state index in [0.717, 1.165) is 22.7 Å². The number of sulfonamides is 1. The second-order valence-corrected chi connectivity index (χ2v) is 7.75. The first-order valence-electron chi connectivity index (χ1n) is 8.20. The smallest absolute Gasteiger partial charge is 0.247 e. The number of amides is 1. The summed E-state index contributed by atoms with van der Waals surface area (Å²) in [5.41, 5.74) is 0.812. The molecule has 0 spiro atoms. The molecule has 24 heavy (non-hydrogen) atoms. The maximum Gasteiger partial charge on any atom is 0.247 e. The number of hydrogen-bond donors (Lipinski definition) is 1. The molecule has 1 aromatic rings. The standard InChI is InChI=1S/C17H28N2O4S/c1-6-8-14(4)18-17(20)12-19(7-2)24(21,22)16-11-13(3)9-10-15(16)23-5/h9-11,14H,6-8,12H2,1-5H3,(H,18,20)/t14-/m1/s1. The van der Waals surface area contributed by atoms with Crippen LogP contribution in [0.3, 0.4) is 0 Å². The van der Waals surface area contributed by atoms with Gasteiger partial charge in [0, 0.05) is 12.6 Å². The summed E-state index contributed by atoms with van der Waals surface area (Å²) in [5.74, 6) is -0.0215. The minimum atomic E-state index is -3.81. The van der Waals surface area contributed by atoms with Crippen LogP contribution in [0, 0.1) is 6.92 Å². The van der Waals surface area contributed by atoms with Crippen LogP contribution < -0.4 is 10.1 Å². The zero-order chi connectivity index (χ0) is 18.3. The maximum absolute atomic E-state index is 12.9. The summed E-state index contributed by atoms with van der Waals surface area (Å²) < 4.78 is 32.2. The molecule has 0 bridgehead atoms. The van der Waals surface area contributed by atoms with E-state index in [0.29, 0.717) is 0 Å². The molecule has 0 saturated heterocycles. The van der Waals surface area contributed by atoms with E-state index in [1.807, 2.05) is 20.8 Å². The van der Waals surface area contributed by atoms with Crippen molar-refractivity contribution in [3.05, 3.63) is 23.8 Å². The van der Waals surface area contributed by atoms with Gasteiger partial charge in [0.2, 0.25) is 15.9 Å². The van der Waals surface area contributed by atoms with Gasteiger partial charge >= 0.3 is 0 Å². The number of carbonyl (C=O) groups excluding carboxylic acids is 1. The number of nitrogens with zero attached hydrogens (tertiary/aromatic N) is 1. The third-order valence-corrected chi connectivity index (χ3v) is 5.68. The van der Waals surface area contributed by atoms with Crippen LogP contribution >= 0.6 is 0 Å². The normalized spacial score (nSPS) is 12.9. The summed E-state index contributed by atoms with van der Waals surface area (Å²) in [7, 11) is -2.38. The lowest BCUT2D eigenvalue weighted by Gasteiger charge is -2.22. The SMILES string of the molecule is CCC[C@@H](C)NC(=O)CN(CC)S(=O)(=O)c1cc(C)ccc1OC. The fraction of sp³-hybridized carbons (Fsp3) is 0.588. The van der Waals surface area contributed by atoms with Crippen molar-refractivity contribution in [2.24, 2.45) is 0 Å². The van der Waals surface area contributed by atoms with Gasteiger partial charge in [-0.2, -0.15) is 4.31 Å². The highest BCUT2D eigenvalue weighted by Crippen LogP contribution is 2.27. The number of benzene rings is 1. The molecule has 1 atom stereocenters. The molecule has 1 aromatic carbocycles. The molecular formula is C17H28N2O4S. The number of rotatable bonds is 9. The molecule has 0 aliphatic heterocycles. The van der Waals surface area contributed by atoms with Gasteiger partial charge in [-0.1, -0.05) is 26.3 Å². The first-order chi connectivity index (χ1) is 11.3. The van der Waals surface area contributed by atoms with Crippen LogP contribution in [0.2, 0.25) is 0 Å². The molecule has 1 amide bonds. The van der Waals surface area contributed by atoms with Crippen molar-refractivity contribution in [3.63, 3.8) is 0 Å². The van der Waals surface area contributed by atoms with E-state index in [4.69, 9.17) is 4.74 Å². The zero-order valence-corrected chi connectivity index (χ0v) is 15.9. The fourth-order valence-corrected chi connectivity index (χ4v) is 4.12. The predicted molar refractivity (Wildman–Crippen MR) is 94.7 cm³/mol. The molecule has 6 nitrogen and oxygen atoms in total. The van der Waals surface area contributed by atoms with E-state index in [9.17, 15) is 13.2 Å². The lowest BCUT2D eigenvalue weighted by molar-refractivity contribution is -0.121. The topological polar surface area (TPSA) is 75.7 Å². The third kappa shape index (κ3) is 5.21. The number of likely N-dealkylation sites (N-methyl/N-ethyl adjacent to an activating group) is 1. The second kappa shape index (κ2) is 9.03. The third-order valence-electron chi connectivity index (χ3n) is 3.74. The van der Waals surface area contributed by atoms with E-state index in [1.165, 1.54) is 7.11 Å². The first-order valence-corrected chi connectivity index (χ1v) is 9.64. The largest absolute Gasteiger partial charge is 0.495 e. The van der Waals surface area contributed by atoms with E-state index in [2.05, 4.69) is 5.32 Å². The van der Waals surface area contributed by atoms with Crippen molar-refractivity contribution in [2.45, 2.75) is 51.5 Å². The van der Waals surface area contributed by atoms with Crippen LogP contribution in [-0.2, 0) is 14.8 Å². The van der Waals surface area contributed by atoms with Crippen molar-refractivity contribution in [3.8, 4) is 5.75 Å². The highest BCUT2D eigenvalue weighted by atomic mass is 32.2. The van der Waals surface area contributed by atoms with Crippen molar-refractivity contribution >= 4 is 15.9 Å². The zero-order valence-electron chi connectivity index (χ0n) is 15.1. The molecule has 0 fully saturated rings. The Kier molecular flexibility index (Phi) is 7.69. The molecule has 0 aliphatic carbocycles. The molecule has 0 aliphatic rings. The van der Waals surface area contributed by atoms with Gasteiger partial charge in [0.25, 0.3) is 0 Å². The lowest BCUT2D eigenvalue weighted by Crippen LogP contribution is -2.43. The van der Waals surface area contributed by atoms with E-state index >= 15 is 0 Å². The average molecular weight is 356 g/mol. The Morgan fingerprint density at radius 3 is 2.54 bits per heavy atom. The molecular weight excluding hydrogens is 328 g/mol. The number of ether oxygens (including phenoxy) is 1. The van der Waals surface area contributed by atoms with E-state index < -0.39 is 10.0 Å². The summed E-state index contributed by atoms with van der Waals surface area (Å²) >= 11 is 0. The number of hydrogen-bond acceptors (Lipinski definition) is 4. The van der Waals surface area contributed by atoms with Gasteiger partial charge in [0.05, 0.1) is 13.7 Å². The number of carbonyl (C=O) groups is 1. The Hall–Kier alpha value is -1.60. The molecule has 1 N–H and O–H groups in total. The van der Waals surface area contributed by atoms with Gasteiger partial charge in [-0.25, -0.2) is 8.42 Å². The van der Waals surface area contributed by atoms with Crippen LogP contribution in [0.4, 0.5) is 0 Å². The van der Waals surface area contributed by atoms with Crippen molar-refractivity contribution < 1.29 is 17.9 Å². The summed E-state index contributed by atoms with van der Waals surface area (Å²) in [6, 6.07) is 5.00. The number of aryl methyl sites for hydroxylation is 1. The summed E-state index contributed by atoms with van der Waals surface area (Å²) in [6.07, 6.45) is 1.81. The molecule has 0 aromatic heterocycles. The van der Waals surface area contributed by atoms with Crippen molar-refractivity contribution in [1.29, 1.82) is 0 Å². The monoisotopic (exact) mass is 356 g/mol. The van der Waals surface area contributed by atoms with E-state index in [1.54, 1.807) is 25.1 Å². The van der Waals surface area contributed by atoms with Crippen LogP contribution in [-0.4, -0.2) is 44.9 Å². The van der Waals surface area contributed by atoms with Gasteiger partial charge in [-0.3, -0.25) is 4.79 Å². The Morgan fingerprint density at radius 1 is 1.33 bits per heavy atom. The minimum absolute atomic E-state index is 0.0254. The Labute approximate surface area is 145 Å². The fourth-order valence-electron chi connectivity index (χ4n) is 2.48. The highest BCUT2D eigenvalue weighted by molar-refractivity contribution is 7.89. The van der Waals surface area contributed by atoms with Gasteiger partial charge in [-0.15, -0.1) is 0 Å². The van der Waals surface area contributed by atoms with E-state index in [-0.39, 0.29) is 35.7 Å². The van der Waals surface area contributed by atoms with Gasteiger partial charge in [0.15, 0.2) is 0 Å². The summed E-state index contributed by atoms with van der Waals surface area (Å²) in [4.78, 5) is 12.2. The van der Waals surface area contributed by atoms with Gasteiger partial charge < -0.3 is 10.1 Å². The quantitative estimate of drug-likeness (QED) is 0.737. The van der Waals surface area contributed by atoms with Gasteiger partial charge in [0.1, 0.15) is 10.6 Å². The second-order valence-electron chi connectivity index (χ2n) is 5.84. The lowest BCUT2D eigenvalue weighted by atomic mass is 10.2. The van der Waals surface area contributed by atoms with Gasteiger partial charge in [-0.05, 0) is 38.0 Å². The predicted octanol–water partition coefficient (Wildman–Crippen LogP) is 2.32. The number of nitrogens with one attached hydrogen (secondary N) is 1. The Bertz CT molecular complexity index is 659. The molecule has 7 heteroatoms. The van der Waals surface area contributed by atoms with Crippen molar-refractivity contribution in [1.82, 2.24) is 9.62 Å². The molecule has 0 unspecified atom stereocenters. The highest BCUT2D eigenvalue weighted by Gasteiger charge is 2.28. The molecule has 0 radical (unpaired) electrons. The van der Waals surface area contributed by atoms with Crippen LogP contribution in [0.25, 0.3) is 0 Å². The average Bonchev–Trinajstić information content (AvgIpc) is 2.52. The van der Waals surface area contributed by atoms with Crippen LogP contribution in [0.1, 0.15) is 39.2 Å². The number of methoxy groups -OCH3 is 1. The Balaban J connectivity index is 3.02. The summed E-state index contributed by atoms with van der Waals surface area (Å²) in [6.45, 7) is 7.47. The summed E-state index contributed by atoms with van der Waals surface area (Å²) in [5, 5.41) is 2.83. The van der Waals surface area contributed by atoms with Crippen LogP contribution in [0.15, 0.2) is 23.1 Å². The molecule has 0 heterocycles. The van der Waals surface area contributed by atoms with Crippen LogP contribution in [0.5, 0.6) is 5.75 Å². The maximum atomic E-state index is 12.9. The molecule has 1 rings (SSSR count). The Morgan fingerprint density at radius 2 is 2.00 bits per heavy atom. The molecule has 0 saturated carbocycles. The van der Waals surface area contributed by atoms with Crippen molar-refractivity contribution in [2.75, 3.05) is 20.2 Å². The molecule has 136 valence electrons.